The second-order valence-corrected chi connectivity index (χ2v) is 3.67. The first-order chi connectivity index (χ1) is 6.54. The number of ether oxygens (including phenoxy) is 2. The molecule has 0 aliphatic heterocycles. The minimum Gasteiger partial charge on any atom is -0.485 e. The summed E-state index contributed by atoms with van der Waals surface area (Å²) in [7, 11) is 0. The Kier molecular flexibility index (Phi) is 23.1. The van der Waals surface area contributed by atoms with Crippen LogP contribution in [0.1, 0.15) is 13.8 Å². The van der Waals surface area contributed by atoms with Gasteiger partial charge in [-0.1, -0.05) is 12.2 Å². The molecule has 0 bridgehead atoms. The minimum absolute atomic E-state index is 0. The fourth-order valence-corrected chi connectivity index (χ4v) is 0.469. The van der Waals surface area contributed by atoms with E-state index in [0.717, 1.165) is 0 Å². The van der Waals surface area contributed by atoms with Crippen molar-refractivity contribution in [3.63, 3.8) is 0 Å². The number of hydrogen-bond donors (Lipinski definition) is 0. The first kappa shape index (κ1) is 20.7. The average Bonchev–Trinajstić information content (AvgIpc) is 2.12. The minimum atomic E-state index is 0. The second-order valence-electron chi connectivity index (χ2n) is 1.67. The third-order valence-corrected chi connectivity index (χ3v) is 0.986. The number of thiocarbonyl (C=S) groups is 2. The van der Waals surface area contributed by atoms with Crippen molar-refractivity contribution in [2.75, 3.05) is 0 Å². The van der Waals surface area contributed by atoms with Crippen molar-refractivity contribution in [2.24, 2.45) is 0 Å². The van der Waals surface area contributed by atoms with Crippen molar-refractivity contribution in [1.29, 1.82) is 0 Å². The fraction of sp³-hybridized carbons (Fsp3) is 0.250. The number of allylic oxidation sites excluding steroid dienone is 2. The summed E-state index contributed by atoms with van der Waals surface area (Å²) in [5.41, 5.74) is 0. The Morgan fingerprint density at radius 3 is 1.27 bits per heavy atom. The molecule has 0 fully saturated rings. The Morgan fingerprint density at radius 1 is 0.933 bits per heavy atom. The van der Waals surface area contributed by atoms with Crippen LogP contribution in [0.15, 0.2) is 24.7 Å². The molecular formula is C8H10O2S4Zn. The molecule has 0 aromatic rings. The average molecular weight is 332 g/mol. The zero-order valence-electron chi connectivity index (χ0n) is 8.47. The van der Waals surface area contributed by atoms with E-state index >= 15 is 0 Å². The Labute approximate surface area is 125 Å². The SMILES string of the molecule is CC=COC(=S)[S-].CC=COC(=S)[S-].[Zn+2]. The molecule has 0 amide bonds. The number of hydrogen-bond acceptors (Lipinski definition) is 6. The molecule has 15 heavy (non-hydrogen) atoms. The summed E-state index contributed by atoms with van der Waals surface area (Å²) in [6.45, 7) is 3.65. The van der Waals surface area contributed by atoms with Gasteiger partial charge in [0.25, 0.3) is 0 Å². The molecule has 0 rings (SSSR count). The van der Waals surface area contributed by atoms with E-state index in [4.69, 9.17) is 0 Å². The van der Waals surface area contributed by atoms with Crippen LogP contribution in [0.4, 0.5) is 0 Å². The molecule has 2 nitrogen and oxygen atoms in total. The summed E-state index contributed by atoms with van der Waals surface area (Å²) in [6.07, 6.45) is 6.35. The van der Waals surface area contributed by atoms with Gasteiger partial charge in [0, 0.05) is 8.77 Å². The van der Waals surface area contributed by atoms with E-state index in [-0.39, 0.29) is 28.2 Å². The van der Waals surface area contributed by atoms with Crippen molar-refractivity contribution in [1.82, 2.24) is 0 Å². The first-order valence-corrected chi connectivity index (χ1v) is 5.15. The Morgan fingerprint density at radius 2 is 1.20 bits per heavy atom. The molecule has 0 spiro atoms. The van der Waals surface area contributed by atoms with Crippen LogP contribution in [0.2, 0.25) is 0 Å². The van der Waals surface area contributed by atoms with Gasteiger partial charge < -0.3 is 59.2 Å². The van der Waals surface area contributed by atoms with E-state index in [1.165, 1.54) is 12.5 Å². The molecule has 0 aliphatic carbocycles. The summed E-state index contributed by atoms with van der Waals surface area (Å²) >= 11 is 17.6. The Balaban J connectivity index is -0.000000180. The van der Waals surface area contributed by atoms with Crippen molar-refractivity contribution in [3.8, 4) is 0 Å². The van der Waals surface area contributed by atoms with Gasteiger partial charge in [-0.25, -0.2) is 0 Å². The molecule has 0 radical (unpaired) electrons. The van der Waals surface area contributed by atoms with E-state index in [9.17, 15) is 0 Å². The van der Waals surface area contributed by atoms with Crippen LogP contribution in [0.5, 0.6) is 0 Å². The van der Waals surface area contributed by atoms with Gasteiger partial charge in [0.05, 0.1) is 12.5 Å². The van der Waals surface area contributed by atoms with Crippen LogP contribution in [-0.4, -0.2) is 8.77 Å². The molecule has 0 heterocycles. The second kappa shape index (κ2) is 16.7. The molecular weight excluding hydrogens is 322 g/mol. The molecule has 0 saturated carbocycles. The van der Waals surface area contributed by atoms with Crippen LogP contribution in [-0.2, 0) is 54.2 Å². The molecule has 7 heteroatoms. The Hall–Kier alpha value is 0.323. The third kappa shape index (κ3) is 31.4. The zero-order chi connectivity index (χ0) is 11.4. The van der Waals surface area contributed by atoms with Crippen LogP contribution in [0.3, 0.4) is 0 Å². The van der Waals surface area contributed by atoms with Gasteiger partial charge in [0.2, 0.25) is 0 Å². The summed E-state index contributed by atoms with van der Waals surface area (Å²) in [4.78, 5) is 0. The van der Waals surface area contributed by atoms with E-state index < -0.39 is 0 Å². The smallest absolute Gasteiger partial charge is 0.485 e. The summed E-state index contributed by atoms with van der Waals surface area (Å²) in [5.74, 6) is 0. The van der Waals surface area contributed by atoms with Gasteiger partial charge in [0.1, 0.15) is 0 Å². The third-order valence-electron chi connectivity index (χ3n) is 0.601. The van der Waals surface area contributed by atoms with E-state index in [2.05, 4.69) is 59.2 Å². The van der Waals surface area contributed by atoms with Crippen molar-refractivity contribution in [2.45, 2.75) is 13.8 Å². The first-order valence-electron chi connectivity index (χ1n) is 3.52. The summed E-state index contributed by atoms with van der Waals surface area (Å²) < 4.78 is 9.39. The van der Waals surface area contributed by atoms with Crippen molar-refractivity contribution in [3.05, 3.63) is 24.7 Å². The predicted molar refractivity (Wildman–Crippen MR) is 71.7 cm³/mol. The summed E-state index contributed by atoms with van der Waals surface area (Å²) in [6, 6.07) is 0. The zero-order valence-corrected chi connectivity index (χ0v) is 14.7. The van der Waals surface area contributed by atoms with Gasteiger partial charge >= 0.3 is 19.5 Å². The summed E-state index contributed by atoms with van der Waals surface area (Å²) in [5, 5.41) is 0. The maximum absolute atomic E-state index is 4.56. The molecule has 0 saturated heterocycles. The van der Waals surface area contributed by atoms with Gasteiger partial charge in [0.15, 0.2) is 0 Å². The van der Waals surface area contributed by atoms with Gasteiger partial charge in [-0.15, -0.1) is 0 Å². The van der Waals surface area contributed by atoms with E-state index in [1.807, 2.05) is 13.8 Å². The predicted octanol–water partition coefficient (Wildman–Crippen LogP) is 2.73. The maximum Gasteiger partial charge on any atom is 2.00 e. The van der Waals surface area contributed by atoms with Crippen LogP contribution in [0, 0.1) is 0 Å². The Bertz CT molecular complexity index is 205. The van der Waals surface area contributed by atoms with Crippen LogP contribution >= 0.6 is 24.4 Å². The number of rotatable bonds is 2. The molecule has 0 unspecified atom stereocenters. The normalized spacial score (nSPS) is 8.67. The fourth-order valence-electron chi connectivity index (χ4n) is 0.247. The van der Waals surface area contributed by atoms with Crippen molar-refractivity contribution >= 4 is 58.5 Å². The van der Waals surface area contributed by atoms with E-state index in [1.54, 1.807) is 12.2 Å². The van der Waals surface area contributed by atoms with Crippen LogP contribution < -0.4 is 0 Å². The molecule has 0 aromatic carbocycles. The van der Waals surface area contributed by atoms with Gasteiger partial charge in [-0.05, 0) is 13.8 Å². The van der Waals surface area contributed by atoms with Gasteiger partial charge in [-0.2, -0.15) is 0 Å². The molecule has 0 aliphatic rings. The van der Waals surface area contributed by atoms with Crippen LogP contribution in [0.25, 0.3) is 0 Å². The van der Waals surface area contributed by atoms with Crippen molar-refractivity contribution < 1.29 is 29.0 Å². The molecule has 0 aromatic heterocycles. The van der Waals surface area contributed by atoms with E-state index in [0.29, 0.717) is 0 Å². The molecule has 0 atom stereocenters. The standard InChI is InChI=1S/2C4H6OS2.Zn/c2*1-2-3-5-4(6)7;/h2*2-3H,1H3,(H,6,7);/q;;+2/p-2. The molecule has 0 N–H and O–H groups in total. The maximum atomic E-state index is 4.56. The van der Waals surface area contributed by atoms with Gasteiger partial charge in [-0.3, -0.25) is 0 Å². The topological polar surface area (TPSA) is 18.5 Å². The largest absolute Gasteiger partial charge is 2.00 e. The molecule has 80 valence electrons. The quantitative estimate of drug-likeness (QED) is 0.333. The monoisotopic (exact) mass is 330 g/mol.